The van der Waals surface area contributed by atoms with E-state index < -0.39 is 92.4 Å². The first kappa shape index (κ1) is 62.7. The highest BCUT2D eigenvalue weighted by atomic mass is 32.2. The van der Waals surface area contributed by atoms with Crippen molar-refractivity contribution in [3.63, 3.8) is 0 Å². The van der Waals surface area contributed by atoms with Crippen molar-refractivity contribution in [2.45, 2.75) is 153 Å². The van der Waals surface area contributed by atoms with E-state index in [0.717, 1.165) is 50.4 Å². The average Bonchev–Trinajstić information content (AvgIpc) is 3.34. The molecule has 4 heterocycles. The van der Waals surface area contributed by atoms with E-state index in [-0.39, 0.29) is 0 Å². The third-order valence-electron chi connectivity index (χ3n) is 11.9. The van der Waals surface area contributed by atoms with Gasteiger partial charge in [-0.25, -0.2) is 51.9 Å². The van der Waals surface area contributed by atoms with Crippen LogP contribution in [0.3, 0.4) is 0 Å². The van der Waals surface area contributed by atoms with Gasteiger partial charge in [0.25, 0.3) is 0 Å². The third kappa shape index (κ3) is 18.7. The van der Waals surface area contributed by atoms with Crippen LogP contribution in [0, 0.1) is 27.7 Å². The van der Waals surface area contributed by atoms with E-state index in [9.17, 15) is 51.9 Å². The molecule has 0 radical (unpaired) electrons. The van der Waals surface area contributed by atoms with E-state index in [1.54, 1.807) is 0 Å². The minimum atomic E-state index is -5.40. The molecule has 0 aliphatic carbocycles. The number of hydrogen-bond acceptors (Lipinski definition) is 12. The molecule has 0 aliphatic rings. The third-order valence-corrected chi connectivity index (χ3v) is 15.4. The maximum atomic E-state index is 11.8. The van der Waals surface area contributed by atoms with Gasteiger partial charge < -0.3 is 18.2 Å². The van der Waals surface area contributed by atoms with Gasteiger partial charge in [-0.15, -0.1) is 0 Å². The molecule has 20 heteroatoms. The zero-order valence-electron chi connectivity index (χ0n) is 44.5. The second kappa shape index (κ2) is 28.5. The summed E-state index contributed by atoms with van der Waals surface area (Å²) in [4.78, 5) is -4.63. The maximum absolute atomic E-state index is 11.8. The predicted octanol–water partition coefficient (Wildman–Crippen LogP) is 8.53. The van der Waals surface area contributed by atoms with Crippen LogP contribution in [0.5, 0.6) is 0 Å². The van der Waals surface area contributed by atoms with Crippen molar-refractivity contribution >= 4 is 72.8 Å². The highest BCUT2D eigenvalue weighted by Gasteiger charge is 2.24. The number of benzene rings is 4. The molecule has 410 valence electrons. The summed E-state index contributed by atoms with van der Waals surface area (Å²) >= 11 is 0. The molecule has 0 N–H and O–H groups in total. The van der Waals surface area contributed by atoms with Crippen LogP contribution in [0.1, 0.15) is 101 Å². The Kier molecular flexibility index (Phi) is 23.5. The Morgan fingerprint density at radius 1 is 0.342 bits per heavy atom. The van der Waals surface area contributed by atoms with Crippen molar-refractivity contribution in [3.05, 3.63) is 157 Å². The average molecular weight is 1120 g/mol. The van der Waals surface area contributed by atoms with Crippen LogP contribution in [0.25, 0.3) is 32.3 Å². The smallest absolute Gasteiger partial charge is 0.171 e. The lowest BCUT2D eigenvalue weighted by Gasteiger charge is -2.23. The van der Waals surface area contributed by atoms with Crippen LogP contribution in [-0.4, -0.2) is 51.9 Å². The Labute approximate surface area is 449 Å². The first-order chi connectivity index (χ1) is 35.7. The van der Waals surface area contributed by atoms with Gasteiger partial charge in [0.2, 0.25) is 0 Å². The summed E-state index contributed by atoms with van der Waals surface area (Å²) in [6, 6.07) is 21.2. The van der Waals surface area contributed by atoms with Gasteiger partial charge in [-0.1, -0.05) is 77.6 Å². The van der Waals surface area contributed by atoms with Gasteiger partial charge in [0, 0.05) is 93.7 Å². The lowest BCUT2D eigenvalue weighted by Crippen LogP contribution is -2.32. The van der Waals surface area contributed by atoms with Gasteiger partial charge in [0.15, 0.2) is 49.6 Å². The first-order valence-electron chi connectivity index (χ1n) is 25.2. The van der Waals surface area contributed by atoms with E-state index in [1.807, 2.05) is 0 Å². The quantitative estimate of drug-likeness (QED) is 0.0502. The molecule has 8 aromatic rings. The summed E-state index contributed by atoms with van der Waals surface area (Å²) in [7, 11) is -21.6. The van der Waals surface area contributed by atoms with Crippen molar-refractivity contribution < 1.29 is 70.2 Å². The lowest BCUT2D eigenvalue weighted by atomic mass is 9.94. The van der Waals surface area contributed by atoms with Crippen LogP contribution >= 0.6 is 0 Å². The second-order valence-corrected chi connectivity index (χ2v) is 23.9. The Morgan fingerprint density at radius 3 is 0.697 bits per heavy atom. The summed E-state index contributed by atoms with van der Waals surface area (Å²) in [6.45, 7) is 22.0. The van der Waals surface area contributed by atoms with E-state index >= 15 is 0 Å². The summed E-state index contributed by atoms with van der Waals surface area (Å²) in [5.74, 6) is 0. The number of nitrogens with zero attached hydrogens (tertiary/aromatic N) is 4. The fourth-order valence-electron chi connectivity index (χ4n) is 8.22. The Bertz CT molecular complexity index is 3200. The summed E-state index contributed by atoms with van der Waals surface area (Å²) in [5.41, 5.74) is 5.35. The fraction of sp³-hybridized carbons (Fsp3) is 0.357. The molecule has 0 fully saturated rings. The minimum Gasteiger partial charge on any atom is -0.744 e. The number of unbranched alkanes of at least 4 members (excludes halogenated alkanes) is 4. The monoisotopic (exact) mass is 1120 g/mol. The summed E-state index contributed by atoms with van der Waals surface area (Å²) < 4.78 is 150. The van der Waals surface area contributed by atoms with Crippen LogP contribution in [0.2, 0.25) is 0 Å². The molecule has 16 nitrogen and oxygen atoms in total. The molecule has 8 rings (SSSR count). The first-order valence-corrected chi connectivity index (χ1v) is 30.8. The summed E-state index contributed by atoms with van der Waals surface area (Å²) in [6.07, 6.45) is 27.4. The van der Waals surface area contributed by atoms with Crippen molar-refractivity contribution in [3.8, 4) is 0 Å². The zero-order valence-corrected chi connectivity index (χ0v) is 47.8. The molecule has 76 heavy (non-hydrogen) atoms. The van der Waals surface area contributed by atoms with Crippen LogP contribution < -0.4 is 18.3 Å². The van der Waals surface area contributed by atoms with E-state index in [1.165, 1.54) is 73.6 Å². The van der Waals surface area contributed by atoms with Gasteiger partial charge in [-0.2, -0.15) is 0 Å². The fourth-order valence-corrected chi connectivity index (χ4v) is 11.2. The van der Waals surface area contributed by atoms with Crippen molar-refractivity contribution in [2.24, 2.45) is 0 Å². The van der Waals surface area contributed by atoms with Gasteiger partial charge in [-0.05, 0) is 74.9 Å². The molecule has 0 aliphatic heterocycles. The number of aromatic nitrogens is 4. The Hall–Kier alpha value is -5.84. The molecule has 4 aromatic heterocycles. The highest BCUT2D eigenvalue weighted by Crippen LogP contribution is 2.44. The van der Waals surface area contributed by atoms with Crippen molar-refractivity contribution in [1.82, 2.24) is 0 Å². The maximum Gasteiger partial charge on any atom is 0.171 e. The topological polar surface area (TPSA) is 244 Å². The Balaban J connectivity index is 0.000000233. The van der Waals surface area contributed by atoms with Crippen molar-refractivity contribution in [1.29, 1.82) is 0 Å². The molecule has 0 saturated heterocycles. The lowest BCUT2D eigenvalue weighted by molar-refractivity contribution is -0.697. The van der Waals surface area contributed by atoms with Gasteiger partial charge in [0.1, 0.15) is 66.7 Å². The van der Waals surface area contributed by atoms with Crippen molar-refractivity contribution in [2.75, 3.05) is 0 Å². The highest BCUT2D eigenvalue weighted by molar-refractivity contribution is 7.87. The molecular formula is C56H70N4O12S4. The van der Waals surface area contributed by atoms with Crippen LogP contribution in [-0.2, 0) is 66.7 Å². The van der Waals surface area contributed by atoms with E-state index in [2.05, 4.69) is 172 Å². The van der Waals surface area contributed by atoms with E-state index in [4.69, 9.17) is 0 Å². The number of pyridine rings is 4. The van der Waals surface area contributed by atoms with Gasteiger partial charge >= 0.3 is 0 Å². The molecule has 0 unspecified atom stereocenters. The number of aryl methyl sites for hydroxylation is 8. The molecule has 0 spiro atoms. The largest absolute Gasteiger partial charge is 0.744 e. The number of hydrogen-bond donors (Lipinski definition) is 0. The molecular weight excluding hydrogens is 1050 g/mol. The minimum absolute atomic E-state index is 0.336. The second-order valence-electron chi connectivity index (χ2n) is 18.5. The number of rotatable bonds is 16. The molecule has 0 bridgehead atoms. The van der Waals surface area contributed by atoms with Gasteiger partial charge in [-0.3, -0.25) is 0 Å². The molecule has 4 aromatic carbocycles. The summed E-state index contributed by atoms with van der Waals surface area (Å²) in [5, 5.41) is -2.90. The normalized spacial score (nSPS) is 11.7. The van der Waals surface area contributed by atoms with E-state index in [0.29, 0.717) is 12.1 Å². The SMILES string of the molecule is CCCC[n+]1cccc(C)c1.CCCC[n+]1cccc(C)c1.CCCC[n+]1cccc(C)c1.CCCC[n+]1cccc(C)c1.O=S(=O)([O-])c1cc(S(=O)(=O)[O-])c2ccc3c(S(=O)(=O)[O-])cc(S(=O)(=O)[O-])c4ccc1c2c43. The predicted molar refractivity (Wildman–Crippen MR) is 287 cm³/mol. The van der Waals surface area contributed by atoms with Crippen LogP contribution in [0.15, 0.2) is 154 Å². The standard InChI is InChI=1S/C16H10O12S4.4C10H16N/c17-29(18,19)11-5-13(31(23,24)25)9-3-4-10-14(32(26,27)28)6-12(30(20,21)22)8-2-1-7(11)15(9)16(8)10;4*1-3-4-7-11-8-5-6-10(2)9-11/h1-6H,(H,17,18,19)(H,20,21,22)(H,23,24,25)(H,26,27,28);4*5-6,8-9H,3-4,7H2,1-2H3/q;4*+1/p-4. The molecule has 0 atom stereocenters. The molecule has 0 saturated carbocycles. The Morgan fingerprint density at radius 2 is 0.539 bits per heavy atom. The van der Waals surface area contributed by atoms with Gasteiger partial charge in [0.05, 0.1) is 19.6 Å². The van der Waals surface area contributed by atoms with Crippen LogP contribution in [0.4, 0.5) is 0 Å². The molecule has 0 amide bonds. The zero-order chi connectivity index (χ0) is 56.4.